The van der Waals surface area contributed by atoms with Gasteiger partial charge in [-0.3, -0.25) is 9.48 Å². The maximum atomic E-state index is 12.6. The molecule has 1 N–H and O–H groups in total. The van der Waals surface area contributed by atoms with Crippen molar-refractivity contribution in [2.45, 2.75) is 33.0 Å². The van der Waals surface area contributed by atoms with Crippen LogP contribution < -0.4 is 10.1 Å². The summed E-state index contributed by atoms with van der Waals surface area (Å²) < 4.78 is 7.63. The molecule has 1 atom stereocenters. The van der Waals surface area contributed by atoms with E-state index in [1.165, 1.54) is 0 Å². The first-order valence-corrected chi connectivity index (χ1v) is 9.25. The molecule has 1 aromatic heterocycles. The van der Waals surface area contributed by atoms with Gasteiger partial charge in [-0.05, 0) is 49.7 Å². The van der Waals surface area contributed by atoms with Crippen LogP contribution in [0.1, 0.15) is 41.5 Å². The molecule has 0 bridgehead atoms. The highest BCUT2D eigenvalue weighted by Gasteiger charge is 2.15. The number of ether oxygens (including phenoxy) is 1. The van der Waals surface area contributed by atoms with Gasteiger partial charge >= 0.3 is 0 Å². The lowest BCUT2D eigenvalue weighted by molar-refractivity contribution is 0.0938. The van der Waals surface area contributed by atoms with Crippen LogP contribution in [0.25, 0.3) is 0 Å². The first-order valence-electron chi connectivity index (χ1n) is 8.87. The molecule has 0 fully saturated rings. The number of para-hydroxylation sites is 1. The number of aryl methyl sites for hydroxylation is 1. The van der Waals surface area contributed by atoms with Gasteiger partial charge in [-0.1, -0.05) is 35.9 Å². The van der Waals surface area contributed by atoms with Gasteiger partial charge in [-0.2, -0.15) is 5.10 Å². The summed E-state index contributed by atoms with van der Waals surface area (Å²) in [5, 5.41) is 7.83. The molecule has 140 valence electrons. The van der Waals surface area contributed by atoms with Crippen molar-refractivity contribution in [2.75, 3.05) is 0 Å². The van der Waals surface area contributed by atoms with E-state index in [-0.39, 0.29) is 11.9 Å². The third-order valence-electron chi connectivity index (χ3n) is 4.26. The molecule has 0 aliphatic heterocycles. The molecule has 1 amide bonds. The van der Waals surface area contributed by atoms with Gasteiger partial charge in [-0.25, -0.2) is 0 Å². The lowest BCUT2D eigenvalue weighted by Crippen LogP contribution is -2.28. The Labute approximate surface area is 163 Å². The molecule has 5 nitrogen and oxygen atoms in total. The van der Waals surface area contributed by atoms with Crippen LogP contribution in [0, 0.1) is 0 Å². The van der Waals surface area contributed by atoms with Gasteiger partial charge in [0, 0.05) is 18.3 Å². The number of benzene rings is 2. The van der Waals surface area contributed by atoms with E-state index < -0.39 is 0 Å². The minimum atomic E-state index is -0.136. The van der Waals surface area contributed by atoms with Crippen molar-refractivity contribution < 1.29 is 9.53 Å². The van der Waals surface area contributed by atoms with E-state index in [2.05, 4.69) is 10.4 Å². The van der Waals surface area contributed by atoms with Crippen LogP contribution in [-0.4, -0.2) is 15.7 Å². The molecule has 27 heavy (non-hydrogen) atoms. The Morgan fingerprint density at radius 1 is 1.22 bits per heavy atom. The van der Waals surface area contributed by atoms with Crippen LogP contribution in [0.4, 0.5) is 0 Å². The molecule has 0 saturated heterocycles. The zero-order chi connectivity index (χ0) is 19.2. The van der Waals surface area contributed by atoms with Crippen LogP contribution in [0.3, 0.4) is 0 Å². The van der Waals surface area contributed by atoms with E-state index >= 15 is 0 Å². The lowest BCUT2D eigenvalue weighted by Gasteiger charge is -2.16. The number of nitrogens with zero attached hydrogens (tertiary/aromatic N) is 2. The number of hydrogen-bond acceptors (Lipinski definition) is 3. The van der Waals surface area contributed by atoms with Crippen molar-refractivity contribution in [1.82, 2.24) is 15.1 Å². The number of carbonyl (C=O) groups excluding carboxylic acids is 1. The van der Waals surface area contributed by atoms with E-state index in [0.717, 1.165) is 17.8 Å². The number of halogens is 1. The van der Waals surface area contributed by atoms with Crippen LogP contribution in [-0.2, 0) is 13.2 Å². The topological polar surface area (TPSA) is 56.2 Å². The third kappa shape index (κ3) is 4.68. The summed E-state index contributed by atoms with van der Waals surface area (Å²) in [7, 11) is 0. The standard InChI is InChI=1S/C21H22ClN3O2/c1-3-25-19(11-12-23-25)15(2)24-21(26)17-8-6-7-16(13-17)14-27-20-10-5-4-9-18(20)22/h4-13,15H,3,14H2,1-2H3,(H,24,26). The first kappa shape index (κ1) is 19.0. The molecule has 0 radical (unpaired) electrons. The van der Waals surface area contributed by atoms with Crippen molar-refractivity contribution in [1.29, 1.82) is 0 Å². The summed E-state index contributed by atoms with van der Waals surface area (Å²) in [6.45, 7) is 5.07. The molecule has 3 rings (SSSR count). The zero-order valence-corrected chi connectivity index (χ0v) is 16.1. The SMILES string of the molecule is CCn1nccc1C(C)NC(=O)c1cccc(COc2ccccc2Cl)c1. The molecule has 0 aliphatic carbocycles. The quantitative estimate of drug-likeness (QED) is 0.647. The fraction of sp³-hybridized carbons (Fsp3) is 0.238. The third-order valence-corrected chi connectivity index (χ3v) is 4.57. The number of nitrogens with one attached hydrogen (secondary N) is 1. The van der Waals surface area contributed by atoms with Gasteiger partial charge < -0.3 is 10.1 Å². The Kier molecular flexibility index (Phi) is 6.14. The number of rotatable bonds is 7. The number of amides is 1. The Hall–Kier alpha value is -2.79. The van der Waals surface area contributed by atoms with Crippen LogP contribution in [0.5, 0.6) is 5.75 Å². The van der Waals surface area contributed by atoms with E-state index in [1.54, 1.807) is 18.3 Å². The molecule has 1 unspecified atom stereocenters. The van der Waals surface area contributed by atoms with Crippen LogP contribution in [0.2, 0.25) is 5.02 Å². The van der Waals surface area contributed by atoms with Crippen LogP contribution >= 0.6 is 11.6 Å². The van der Waals surface area contributed by atoms with Crippen molar-refractivity contribution in [2.24, 2.45) is 0 Å². The highest BCUT2D eigenvalue weighted by atomic mass is 35.5. The molecule has 6 heteroatoms. The zero-order valence-electron chi connectivity index (χ0n) is 15.4. The normalized spacial score (nSPS) is 11.8. The summed E-state index contributed by atoms with van der Waals surface area (Å²) in [5.41, 5.74) is 2.46. The second-order valence-electron chi connectivity index (χ2n) is 6.19. The van der Waals surface area contributed by atoms with Gasteiger partial charge in [-0.15, -0.1) is 0 Å². The summed E-state index contributed by atoms with van der Waals surface area (Å²) >= 11 is 6.11. The molecule has 1 heterocycles. The Morgan fingerprint density at radius 3 is 2.81 bits per heavy atom. The van der Waals surface area contributed by atoms with Crippen molar-refractivity contribution in [3.63, 3.8) is 0 Å². The Balaban J connectivity index is 1.66. The van der Waals surface area contributed by atoms with Gasteiger partial charge in [0.15, 0.2) is 0 Å². The van der Waals surface area contributed by atoms with Crippen molar-refractivity contribution in [3.05, 3.63) is 82.6 Å². The number of carbonyl (C=O) groups is 1. The van der Waals surface area contributed by atoms with Gasteiger partial charge in [0.2, 0.25) is 0 Å². The van der Waals surface area contributed by atoms with Gasteiger partial charge in [0.25, 0.3) is 5.91 Å². The largest absolute Gasteiger partial charge is 0.487 e. The molecule has 2 aromatic carbocycles. The predicted octanol–water partition coefficient (Wildman–Crippen LogP) is 4.63. The van der Waals surface area contributed by atoms with Gasteiger partial charge in [0.1, 0.15) is 12.4 Å². The molecular weight excluding hydrogens is 362 g/mol. The second kappa shape index (κ2) is 8.73. The average molecular weight is 384 g/mol. The smallest absolute Gasteiger partial charge is 0.251 e. The Bertz CT molecular complexity index is 923. The average Bonchev–Trinajstić information content (AvgIpc) is 3.16. The van der Waals surface area contributed by atoms with Crippen molar-refractivity contribution >= 4 is 17.5 Å². The van der Waals surface area contributed by atoms with E-state index in [9.17, 15) is 4.79 Å². The number of aromatic nitrogens is 2. The molecule has 0 spiro atoms. The highest BCUT2D eigenvalue weighted by Crippen LogP contribution is 2.24. The summed E-state index contributed by atoms with van der Waals surface area (Å²) in [5.74, 6) is 0.487. The summed E-state index contributed by atoms with van der Waals surface area (Å²) in [6, 6.07) is 16.5. The monoisotopic (exact) mass is 383 g/mol. The maximum Gasteiger partial charge on any atom is 0.251 e. The minimum absolute atomic E-state index is 0.133. The predicted molar refractivity (Wildman–Crippen MR) is 106 cm³/mol. The summed E-state index contributed by atoms with van der Waals surface area (Å²) in [6.07, 6.45) is 1.74. The maximum absolute atomic E-state index is 12.6. The van der Waals surface area contributed by atoms with E-state index in [4.69, 9.17) is 16.3 Å². The van der Waals surface area contributed by atoms with E-state index in [0.29, 0.717) is 22.9 Å². The molecule has 0 saturated carbocycles. The fourth-order valence-electron chi connectivity index (χ4n) is 2.85. The van der Waals surface area contributed by atoms with Crippen LogP contribution in [0.15, 0.2) is 60.8 Å². The van der Waals surface area contributed by atoms with Crippen molar-refractivity contribution in [3.8, 4) is 5.75 Å². The minimum Gasteiger partial charge on any atom is -0.487 e. The lowest BCUT2D eigenvalue weighted by atomic mass is 10.1. The first-order chi connectivity index (χ1) is 13.1. The van der Waals surface area contributed by atoms with Gasteiger partial charge in [0.05, 0.1) is 16.8 Å². The molecule has 0 aliphatic rings. The highest BCUT2D eigenvalue weighted by molar-refractivity contribution is 6.32. The fourth-order valence-corrected chi connectivity index (χ4v) is 3.04. The Morgan fingerprint density at radius 2 is 2.04 bits per heavy atom. The number of hydrogen-bond donors (Lipinski definition) is 1. The molecular formula is C21H22ClN3O2. The second-order valence-corrected chi connectivity index (χ2v) is 6.59. The van der Waals surface area contributed by atoms with E-state index in [1.807, 2.05) is 61.0 Å². The molecule has 3 aromatic rings. The summed E-state index contributed by atoms with van der Waals surface area (Å²) in [4.78, 5) is 12.6.